The lowest BCUT2D eigenvalue weighted by Crippen LogP contribution is -2.31. The van der Waals surface area contributed by atoms with Crippen LogP contribution in [0.25, 0.3) is 16.8 Å². The van der Waals surface area contributed by atoms with Crippen molar-refractivity contribution in [1.82, 2.24) is 3.96 Å². The smallest absolute Gasteiger partial charge is 0.130 e. The maximum absolute atomic E-state index is 5.85. The van der Waals surface area contributed by atoms with E-state index in [-0.39, 0.29) is 5.54 Å². The Labute approximate surface area is 151 Å². The summed E-state index contributed by atoms with van der Waals surface area (Å²) in [5.41, 5.74) is 7.33. The van der Waals surface area contributed by atoms with E-state index in [9.17, 15) is 0 Å². The number of aryl methyl sites for hydroxylation is 2. The Hall–Kier alpha value is -1.91. The van der Waals surface area contributed by atoms with Crippen molar-refractivity contribution in [2.24, 2.45) is 0 Å². The van der Waals surface area contributed by atoms with Crippen LogP contribution in [0.2, 0.25) is 0 Å². The fraction of sp³-hybridized carbons (Fsp3) is 0.250. The summed E-state index contributed by atoms with van der Waals surface area (Å²) in [5, 5.41) is 4.83. The number of hydrogen-bond donors (Lipinski definition) is 1. The van der Waals surface area contributed by atoms with Gasteiger partial charge in [0, 0.05) is 0 Å². The largest absolute Gasteiger partial charge is 0.366 e. The number of hydrogen-bond acceptors (Lipinski definition) is 3. The van der Waals surface area contributed by atoms with Gasteiger partial charge in [0.2, 0.25) is 0 Å². The SMILES string of the molecule is Cc1ccc(-n2sc3c(c2=S)-c2ccccc2C(C)(C)N3)cc1C. The highest BCUT2D eigenvalue weighted by Crippen LogP contribution is 2.47. The number of anilines is 1. The molecule has 122 valence electrons. The number of aromatic nitrogens is 1. The first kappa shape index (κ1) is 15.6. The molecule has 0 atom stereocenters. The molecule has 2 aromatic carbocycles. The van der Waals surface area contributed by atoms with E-state index < -0.39 is 0 Å². The minimum absolute atomic E-state index is 0.1000. The van der Waals surface area contributed by atoms with Crippen molar-refractivity contribution in [3.63, 3.8) is 0 Å². The van der Waals surface area contributed by atoms with Gasteiger partial charge in [-0.2, -0.15) is 0 Å². The van der Waals surface area contributed by atoms with E-state index in [0.29, 0.717) is 0 Å². The molecule has 1 aromatic heterocycles. The molecular weight excluding hydrogens is 332 g/mol. The van der Waals surface area contributed by atoms with Gasteiger partial charge in [0.1, 0.15) is 9.64 Å². The number of benzene rings is 2. The van der Waals surface area contributed by atoms with Crippen molar-refractivity contribution in [2.75, 3.05) is 5.32 Å². The Morgan fingerprint density at radius 3 is 2.54 bits per heavy atom. The number of nitrogens with one attached hydrogen (secondary N) is 1. The number of fused-ring (bicyclic) bond motifs is 3. The molecule has 2 nitrogen and oxygen atoms in total. The van der Waals surface area contributed by atoms with Gasteiger partial charge in [-0.3, -0.25) is 3.96 Å². The molecule has 2 heterocycles. The van der Waals surface area contributed by atoms with Crippen LogP contribution < -0.4 is 5.32 Å². The Morgan fingerprint density at radius 1 is 1.04 bits per heavy atom. The first-order chi connectivity index (χ1) is 11.4. The molecule has 0 radical (unpaired) electrons. The normalized spacial score (nSPS) is 14.7. The highest BCUT2D eigenvalue weighted by atomic mass is 32.1. The molecule has 0 unspecified atom stereocenters. The number of rotatable bonds is 1. The van der Waals surface area contributed by atoms with Crippen molar-refractivity contribution >= 4 is 28.8 Å². The molecule has 0 bridgehead atoms. The van der Waals surface area contributed by atoms with E-state index in [1.807, 2.05) is 0 Å². The number of nitrogens with zero attached hydrogens (tertiary/aromatic N) is 1. The molecule has 0 aliphatic carbocycles. The van der Waals surface area contributed by atoms with Crippen LogP contribution >= 0.6 is 23.8 Å². The highest BCUT2D eigenvalue weighted by Gasteiger charge is 2.32. The zero-order chi connectivity index (χ0) is 17.1. The molecule has 0 saturated carbocycles. The zero-order valence-electron chi connectivity index (χ0n) is 14.3. The van der Waals surface area contributed by atoms with E-state index in [2.05, 4.69) is 79.4 Å². The summed E-state index contributed by atoms with van der Waals surface area (Å²) in [6.07, 6.45) is 0. The van der Waals surface area contributed by atoms with Crippen molar-refractivity contribution in [2.45, 2.75) is 33.2 Å². The van der Waals surface area contributed by atoms with Gasteiger partial charge in [0.05, 0.1) is 16.8 Å². The quantitative estimate of drug-likeness (QED) is 0.524. The molecular formula is C20H20N2S2. The monoisotopic (exact) mass is 352 g/mol. The third-order valence-electron chi connectivity index (χ3n) is 4.83. The lowest BCUT2D eigenvalue weighted by Gasteiger charge is -2.33. The van der Waals surface area contributed by atoms with Crippen molar-refractivity contribution in [3.05, 3.63) is 63.8 Å². The molecule has 0 amide bonds. The second-order valence-electron chi connectivity index (χ2n) is 6.96. The average Bonchev–Trinajstić information content (AvgIpc) is 2.86. The van der Waals surface area contributed by atoms with Gasteiger partial charge in [0.15, 0.2) is 0 Å². The van der Waals surface area contributed by atoms with E-state index in [0.717, 1.165) is 20.9 Å². The first-order valence-corrected chi connectivity index (χ1v) is 9.29. The molecule has 0 saturated heterocycles. The van der Waals surface area contributed by atoms with Crippen LogP contribution in [0.4, 0.5) is 5.00 Å². The molecule has 3 aromatic rings. The van der Waals surface area contributed by atoms with E-state index in [4.69, 9.17) is 12.2 Å². The van der Waals surface area contributed by atoms with Crippen LogP contribution in [-0.2, 0) is 5.54 Å². The zero-order valence-corrected chi connectivity index (χ0v) is 15.9. The van der Waals surface area contributed by atoms with Gasteiger partial charge in [-0.1, -0.05) is 42.5 Å². The lowest BCUT2D eigenvalue weighted by atomic mass is 9.85. The third-order valence-corrected chi connectivity index (χ3v) is 6.40. The van der Waals surface area contributed by atoms with Crippen LogP contribution in [0.1, 0.15) is 30.5 Å². The average molecular weight is 353 g/mol. The summed E-state index contributed by atoms with van der Waals surface area (Å²) >= 11 is 7.55. The molecule has 4 heteroatoms. The van der Waals surface area contributed by atoms with Gasteiger partial charge in [-0.05, 0) is 73.6 Å². The van der Waals surface area contributed by atoms with Crippen molar-refractivity contribution < 1.29 is 0 Å². The molecule has 4 rings (SSSR count). The summed E-state index contributed by atoms with van der Waals surface area (Å²) < 4.78 is 3.05. The predicted molar refractivity (Wildman–Crippen MR) is 106 cm³/mol. The molecule has 0 spiro atoms. The third kappa shape index (κ3) is 2.25. The molecule has 0 fully saturated rings. The Kier molecular flexibility index (Phi) is 3.44. The van der Waals surface area contributed by atoms with Gasteiger partial charge >= 0.3 is 0 Å². The van der Waals surface area contributed by atoms with Crippen molar-refractivity contribution in [3.8, 4) is 16.8 Å². The standard InChI is InChI=1S/C20H20N2S2/c1-12-9-10-14(11-13(12)2)22-19(23)17-15-7-5-6-8-16(15)20(3,4)21-18(17)24-22/h5-11,21H,1-4H3. The Balaban J connectivity index is 1.97. The molecule has 1 aliphatic rings. The molecule has 24 heavy (non-hydrogen) atoms. The second kappa shape index (κ2) is 5.30. The van der Waals surface area contributed by atoms with Crippen LogP contribution in [0.15, 0.2) is 42.5 Å². The fourth-order valence-electron chi connectivity index (χ4n) is 3.32. The summed E-state index contributed by atoms with van der Waals surface area (Å²) in [7, 11) is 0. The van der Waals surface area contributed by atoms with Crippen LogP contribution in [-0.4, -0.2) is 3.96 Å². The van der Waals surface area contributed by atoms with Gasteiger partial charge in [-0.15, -0.1) is 0 Å². The summed E-state index contributed by atoms with van der Waals surface area (Å²) in [4.78, 5) is 0. The van der Waals surface area contributed by atoms with E-state index in [1.54, 1.807) is 11.5 Å². The predicted octanol–water partition coefficient (Wildman–Crippen LogP) is 6.21. The lowest BCUT2D eigenvalue weighted by molar-refractivity contribution is 0.608. The van der Waals surface area contributed by atoms with E-state index in [1.165, 1.54) is 22.3 Å². The van der Waals surface area contributed by atoms with Crippen LogP contribution in [0, 0.1) is 18.5 Å². The Bertz CT molecular complexity index is 1010. The minimum Gasteiger partial charge on any atom is -0.366 e. The topological polar surface area (TPSA) is 17.0 Å². The summed E-state index contributed by atoms with van der Waals surface area (Å²) in [6, 6.07) is 15.1. The van der Waals surface area contributed by atoms with Crippen LogP contribution in [0.5, 0.6) is 0 Å². The molecule has 1 aliphatic heterocycles. The first-order valence-electron chi connectivity index (χ1n) is 8.10. The maximum Gasteiger partial charge on any atom is 0.130 e. The van der Waals surface area contributed by atoms with Gasteiger partial charge in [-0.25, -0.2) is 0 Å². The fourth-order valence-corrected chi connectivity index (χ4v) is 4.99. The van der Waals surface area contributed by atoms with Crippen molar-refractivity contribution in [1.29, 1.82) is 0 Å². The summed E-state index contributed by atoms with van der Waals surface area (Å²) in [6.45, 7) is 8.72. The second-order valence-corrected chi connectivity index (χ2v) is 8.30. The summed E-state index contributed by atoms with van der Waals surface area (Å²) in [5.74, 6) is 0. The molecule has 1 N–H and O–H groups in total. The Morgan fingerprint density at radius 2 is 1.79 bits per heavy atom. The maximum atomic E-state index is 5.85. The van der Waals surface area contributed by atoms with Gasteiger partial charge in [0.25, 0.3) is 0 Å². The minimum atomic E-state index is -0.1000. The van der Waals surface area contributed by atoms with E-state index >= 15 is 0 Å². The van der Waals surface area contributed by atoms with Gasteiger partial charge < -0.3 is 5.32 Å². The highest BCUT2D eigenvalue weighted by molar-refractivity contribution is 7.71. The van der Waals surface area contributed by atoms with Crippen LogP contribution in [0.3, 0.4) is 0 Å².